The predicted molar refractivity (Wildman–Crippen MR) is 83.9 cm³/mol. The number of hydrogen-bond donors (Lipinski definition) is 3. The first-order valence-corrected chi connectivity index (χ1v) is 7.73. The summed E-state index contributed by atoms with van der Waals surface area (Å²) in [5.41, 5.74) is -1.36. The lowest BCUT2D eigenvalue weighted by atomic mass is 9.81. The zero-order valence-corrected chi connectivity index (χ0v) is 14.2. The summed E-state index contributed by atoms with van der Waals surface area (Å²) >= 11 is 0. The third-order valence-corrected chi connectivity index (χ3v) is 3.65. The molecule has 23 heavy (non-hydrogen) atoms. The highest BCUT2D eigenvalue weighted by atomic mass is 16.6. The molecular formula is C15H27N3O5. The highest BCUT2D eigenvalue weighted by Gasteiger charge is 2.37. The monoisotopic (exact) mass is 329 g/mol. The Kier molecular flexibility index (Phi) is 6.80. The van der Waals surface area contributed by atoms with Crippen LogP contribution in [-0.4, -0.2) is 49.4 Å². The highest BCUT2D eigenvalue weighted by molar-refractivity contribution is 5.84. The molecule has 1 rings (SSSR count). The third-order valence-electron chi connectivity index (χ3n) is 3.65. The quantitative estimate of drug-likeness (QED) is 0.656. The van der Waals surface area contributed by atoms with E-state index in [0.29, 0.717) is 19.6 Å². The van der Waals surface area contributed by atoms with Crippen molar-refractivity contribution in [1.29, 1.82) is 0 Å². The molecule has 1 fully saturated rings. The molecule has 0 aliphatic carbocycles. The molecule has 132 valence electrons. The second kappa shape index (κ2) is 8.14. The molecule has 0 aromatic heterocycles. The van der Waals surface area contributed by atoms with Gasteiger partial charge in [-0.3, -0.25) is 10.1 Å². The number of rotatable bonds is 5. The fraction of sp³-hybridized carbons (Fsp3) is 0.800. The van der Waals surface area contributed by atoms with E-state index < -0.39 is 23.3 Å². The van der Waals surface area contributed by atoms with Crippen LogP contribution in [0.4, 0.5) is 9.59 Å². The topological polar surface area (TPSA) is 106 Å². The summed E-state index contributed by atoms with van der Waals surface area (Å²) in [6.07, 6.45) is 1.49. The van der Waals surface area contributed by atoms with Crippen molar-refractivity contribution in [3.8, 4) is 0 Å². The van der Waals surface area contributed by atoms with Gasteiger partial charge in [-0.25, -0.2) is 9.59 Å². The van der Waals surface area contributed by atoms with Gasteiger partial charge in [0, 0.05) is 19.1 Å². The van der Waals surface area contributed by atoms with Crippen molar-refractivity contribution in [2.24, 2.45) is 5.92 Å². The molecule has 1 heterocycles. The maximum atomic E-state index is 11.9. The average Bonchev–Trinajstić information content (AvgIpc) is 2.44. The number of carbonyl (C=O) groups is 3. The molecule has 2 atom stereocenters. The Balaban J connectivity index is 2.71. The smallest absolute Gasteiger partial charge is 0.407 e. The van der Waals surface area contributed by atoms with E-state index in [1.54, 1.807) is 20.8 Å². The number of hydrogen-bond acceptors (Lipinski definition) is 5. The van der Waals surface area contributed by atoms with Crippen molar-refractivity contribution in [3.05, 3.63) is 0 Å². The minimum absolute atomic E-state index is 0.0172. The number of ether oxygens (including phenoxy) is 2. The van der Waals surface area contributed by atoms with Crippen LogP contribution in [0.3, 0.4) is 0 Å². The van der Waals surface area contributed by atoms with E-state index in [1.807, 2.05) is 6.92 Å². The molecule has 2 unspecified atom stereocenters. The van der Waals surface area contributed by atoms with E-state index in [1.165, 1.54) is 0 Å². The van der Waals surface area contributed by atoms with Crippen LogP contribution in [-0.2, 0) is 14.3 Å². The van der Waals surface area contributed by atoms with E-state index >= 15 is 0 Å². The number of nitrogens with one attached hydrogen (secondary N) is 3. The largest absolute Gasteiger partial charge is 0.444 e. The molecule has 1 aliphatic heterocycles. The summed E-state index contributed by atoms with van der Waals surface area (Å²) < 4.78 is 10.7. The van der Waals surface area contributed by atoms with Gasteiger partial charge in [-0.1, -0.05) is 0 Å². The van der Waals surface area contributed by atoms with Crippen LogP contribution in [0.2, 0.25) is 0 Å². The lowest BCUT2D eigenvalue weighted by Crippen LogP contribution is -2.61. The van der Waals surface area contributed by atoms with Crippen LogP contribution in [0.25, 0.3) is 0 Å². The van der Waals surface area contributed by atoms with Gasteiger partial charge in [0.1, 0.15) is 5.60 Å². The molecular weight excluding hydrogens is 302 g/mol. The van der Waals surface area contributed by atoms with Crippen molar-refractivity contribution in [2.45, 2.75) is 51.7 Å². The van der Waals surface area contributed by atoms with Crippen molar-refractivity contribution in [3.63, 3.8) is 0 Å². The summed E-state index contributed by atoms with van der Waals surface area (Å²) in [6, 6.07) is -0.612. The summed E-state index contributed by atoms with van der Waals surface area (Å²) in [7, 11) is 0. The molecule has 0 spiro atoms. The van der Waals surface area contributed by atoms with Gasteiger partial charge in [-0.05, 0) is 40.5 Å². The van der Waals surface area contributed by atoms with Crippen LogP contribution in [0.15, 0.2) is 0 Å². The molecule has 0 saturated carbocycles. The van der Waals surface area contributed by atoms with Crippen LogP contribution in [0.5, 0.6) is 0 Å². The minimum atomic E-state index is -0.760. The Hall–Kier alpha value is -1.83. The zero-order valence-electron chi connectivity index (χ0n) is 14.2. The second-order valence-electron chi connectivity index (χ2n) is 6.90. The van der Waals surface area contributed by atoms with Gasteiger partial charge in [-0.2, -0.15) is 0 Å². The van der Waals surface area contributed by atoms with E-state index in [-0.39, 0.29) is 12.5 Å². The summed E-state index contributed by atoms with van der Waals surface area (Å²) in [5, 5.41) is 7.48. The van der Waals surface area contributed by atoms with Gasteiger partial charge in [0.2, 0.25) is 6.41 Å². The van der Waals surface area contributed by atoms with Gasteiger partial charge >= 0.3 is 12.1 Å². The SMILES string of the molecule is CC(C)(C)OC(=O)NCC(C)(NC(=O)NC=O)C1CCCOC1. The molecule has 3 N–H and O–H groups in total. The first-order valence-electron chi connectivity index (χ1n) is 7.73. The first-order chi connectivity index (χ1) is 10.7. The fourth-order valence-corrected chi connectivity index (χ4v) is 2.45. The Bertz CT molecular complexity index is 429. The minimum Gasteiger partial charge on any atom is -0.444 e. The Morgan fingerprint density at radius 3 is 2.52 bits per heavy atom. The standard InChI is InChI=1S/C15H27N3O5/c1-14(2,3)23-13(21)16-9-15(4,18-12(20)17-10-19)11-6-5-7-22-8-11/h10-11H,5-9H2,1-4H3,(H,16,21)(H2,17,18,19,20). The van der Waals surface area contributed by atoms with E-state index in [9.17, 15) is 14.4 Å². The number of alkyl carbamates (subject to hydrolysis) is 1. The number of carbonyl (C=O) groups excluding carboxylic acids is 3. The third kappa shape index (κ3) is 6.85. The van der Waals surface area contributed by atoms with Crippen molar-refractivity contribution < 1.29 is 23.9 Å². The van der Waals surface area contributed by atoms with E-state index in [0.717, 1.165) is 12.8 Å². The van der Waals surface area contributed by atoms with E-state index in [2.05, 4.69) is 16.0 Å². The maximum Gasteiger partial charge on any atom is 0.407 e. The average molecular weight is 329 g/mol. The van der Waals surface area contributed by atoms with Crippen molar-refractivity contribution in [2.75, 3.05) is 19.8 Å². The second-order valence-corrected chi connectivity index (χ2v) is 6.90. The Morgan fingerprint density at radius 1 is 1.30 bits per heavy atom. The van der Waals surface area contributed by atoms with Crippen LogP contribution >= 0.6 is 0 Å². The van der Waals surface area contributed by atoms with Crippen molar-refractivity contribution in [1.82, 2.24) is 16.0 Å². The van der Waals surface area contributed by atoms with Crippen LogP contribution < -0.4 is 16.0 Å². The van der Waals surface area contributed by atoms with Crippen LogP contribution in [0, 0.1) is 5.92 Å². The maximum absolute atomic E-state index is 11.9. The normalized spacial score (nSPS) is 20.8. The molecule has 0 radical (unpaired) electrons. The Morgan fingerprint density at radius 2 is 2.00 bits per heavy atom. The van der Waals surface area contributed by atoms with Gasteiger partial charge < -0.3 is 20.1 Å². The predicted octanol–water partition coefficient (Wildman–Crippen LogP) is 1.15. The molecule has 0 aromatic carbocycles. The first kappa shape index (κ1) is 19.2. The highest BCUT2D eigenvalue weighted by Crippen LogP contribution is 2.26. The van der Waals surface area contributed by atoms with Gasteiger partial charge in [0.15, 0.2) is 0 Å². The lowest BCUT2D eigenvalue weighted by molar-refractivity contribution is -0.108. The molecule has 0 bridgehead atoms. The van der Waals surface area contributed by atoms with Gasteiger partial charge in [0.05, 0.1) is 12.1 Å². The van der Waals surface area contributed by atoms with Gasteiger partial charge in [0.25, 0.3) is 0 Å². The molecule has 1 saturated heterocycles. The van der Waals surface area contributed by atoms with Gasteiger partial charge in [-0.15, -0.1) is 0 Å². The van der Waals surface area contributed by atoms with E-state index in [4.69, 9.17) is 9.47 Å². The molecule has 0 aromatic rings. The molecule has 1 aliphatic rings. The fourth-order valence-electron chi connectivity index (χ4n) is 2.45. The molecule has 8 heteroatoms. The van der Waals surface area contributed by atoms with Crippen molar-refractivity contribution >= 4 is 18.5 Å². The Labute approximate surface area is 136 Å². The zero-order chi connectivity index (χ0) is 17.5. The summed E-state index contributed by atoms with van der Waals surface area (Å²) in [4.78, 5) is 34.0. The molecule has 4 amide bonds. The lowest BCUT2D eigenvalue weighted by Gasteiger charge is -2.40. The van der Waals surface area contributed by atoms with Crippen LogP contribution in [0.1, 0.15) is 40.5 Å². The summed E-state index contributed by atoms with van der Waals surface area (Å²) in [6.45, 7) is 8.47. The summed E-state index contributed by atoms with van der Waals surface area (Å²) in [5.74, 6) is 0.0172. The number of imide groups is 1. The number of amides is 4. The number of urea groups is 1. The molecule has 8 nitrogen and oxygen atoms in total.